The summed E-state index contributed by atoms with van der Waals surface area (Å²) in [6.45, 7) is 0.754. The predicted molar refractivity (Wildman–Crippen MR) is 96.2 cm³/mol. The lowest BCUT2D eigenvalue weighted by Gasteiger charge is -2.18. The van der Waals surface area contributed by atoms with Crippen molar-refractivity contribution in [3.8, 4) is 0 Å². The number of fused-ring (bicyclic) bond motifs is 1. The van der Waals surface area contributed by atoms with Crippen LogP contribution in [0.2, 0.25) is 0 Å². The van der Waals surface area contributed by atoms with E-state index in [0.29, 0.717) is 6.42 Å². The number of benzene rings is 2. The maximum atomic E-state index is 12.5. The standard InChI is InChI=1S/C21H21NO3/c23-20(14-17-10-6-12-24-17)22-21(15-7-2-1-3-8-15)19-13-16-9-4-5-11-18(16)25-19/h1-5,7-9,11,13,17,21H,6,10,12,14H2,(H,22,23)/t17-,21+/m0/s1. The van der Waals surface area contributed by atoms with Gasteiger partial charge in [0.1, 0.15) is 17.4 Å². The van der Waals surface area contributed by atoms with E-state index < -0.39 is 0 Å². The van der Waals surface area contributed by atoms with Gasteiger partial charge in [-0.3, -0.25) is 4.79 Å². The summed E-state index contributed by atoms with van der Waals surface area (Å²) in [5, 5.41) is 4.16. The van der Waals surface area contributed by atoms with E-state index >= 15 is 0 Å². The monoisotopic (exact) mass is 335 g/mol. The summed E-state index contributed by atoms with van der Waals surface area (Å²) >= 11 is 0. The number of rotatable bonds is 5. The van der Waals surface area contributed by atoms with Gasteiger partial charge in [-0.15, -0.1) is 0 Å². The molecule has 1 N–H and O–H groups in total. The Morgan fingerprint density at radius 2 is 1.92 bits per heavy atom. The van der Waals surface area contributed by atoms with Gasteiger partial charge >= 0.3 is 0 Å². The molecule has 0 saturated carbocycles. The summed E-state index contributed by atoms with van der Waals surface area (Å²) < 4.78 is 11.6. The highest BCUT2D eigenvalue weighted by molar-refractivity contribution is 5.80. The van der Waals surface area contributed by atoms with Crippen molar-refractivity contribution in [1.82, 2.24) is 5.32 Å². The van der Waals surface area contributed by atoms with E-state index in [9.17, 15) is 4.79 Å². The van der Waals surface area contributed by atoms with E-state index in [-0.39, 0.29) is 18.1 Å². The fourth-order valence-corrected chi connectivity index (χ4v) is 3.34. The van der Waals surface area contributed by atoms with Gasteiger partial charge in [0.25, 0.3) is 0 Å². The SMILES string of the molecule is O=C(C[C@@H]1CCCO1)N[C@H](c1ccccc1)c1cc2ccccc2o1. The van der Waals surface area contributed by atoms with Gasteiger partial charge in [-0.25, -0.2) is 0 Å². The van der Waals surface area contributed by atoms with Crippen LogP contribution in [0.25, 0.3) is 11.0 Å². The molecule has 0 bridgehead atoms. The molecule has 4 nitrogen and oxygen atoms in total. The fraction of sp³-hybridized carbons (Fsp3) is 0.286. The minimum atomic E-state index is -0.303. The maximum absolute atomic E-state index is 12.5. The van der Waals surface area contributed by atoms with E-state index in [1.165, 1.54) is 0 Å². The molecular weight excluding hydrogens is 314 g/mol. The van der Waals surface area contributed by atoms with Crippen LogP contribution in [-0.4, -0.2) is 18.6 Å². The van der Waals surface area contributed by atoms with Crippen molar-refractivity contribution >= 4 is 16.9 Å². The van der Waals surface area contributed by atoms with Crippen molar-refractivity contribution < 1.29 is 13.9 Å². The van der Waals surface area contributed by atoms with Gasteiger partial charge in [0.05, 0.1) is 12.5 Å². The number of furan rings is 1. The highest BCUT2D eigenvalue weighted by Gasteiger charge is 2.24. The Bertz CT molecular complexity index is 817. The van der Waals surface area contributed by atoms with E-state index in [1.54, 1.807) is 0 Å². The van der Waals surface area contributed by atoms with Crippen LogP contribution in [0.4, 0.5) is 0 Å². The molecule has 1 amide bonds. The molecule has 2 atom stereocenters. The zero-order chi connectivity index (χ0) is 17.1. The molecule has 2 heterocycles. The molecule has 4 heteroatoms. The van der Waals surface area contributed by atoms with Gasteiger partial charge in [-0.1, -0.05) is 48.5 Å². The molecular formula is C21H21NO3. The third-order valence-corrected chi connectivity index (χ3v) is 4.60. The lowest BCUT2D eigenvalue weighted by Crippen LogP contribution is -2.31. The largest absolute Gasteiger partial charge is 0.459 e. The minimum absolute atomic E-state index is 0.0128. The van der Waals surface area contributed by atoms with Gasteiger partial charge in [-0.2, -0.15) is 0 Å². The molecule has 1 aliphatic rings. The summed E-state index contributed by atoms with van der Waals surface area (Å²) in [5.74, 6) is 0.731. The van der Waals surface area contributed by atoms with Gasteiger partial charge in [-0.05, 0) is 30.5 Å². The van der Waals surface area contributed by atoms with Crippen molar-refractivity contribution in [1.29, 1.82) is 0 Å². The van der Waals surface area contributed by atoms with Crippen molar-refractivity contribution in [3.05, 3.63) is 72.0 Å². The zero-order valence-electron chi connectivity index (χ0n) is 14.0. The molecule has 0 aliphatic carbocycles. The molecule has 1 aliphatic heterocycles. The van der Waals surface area contributed by atoms with E-state index in [0.717, 1.165) is 41.7 Å². The Kier molecular flexibility index (Phi) is 4.53. The fourth-order valence-electron chi connectivity index (χ4n) is 3.34. The van der Waals surface area contributed by atoms with Crippen LogP contribution >= 0.6 is 0 Å². The number of hydrogen-bond acceptors (Lipinski definition) is 3. The first kappa shape index (κ1) is 15.9. The van der Waals surface area contributed by atoms with E-state index in [1.807, 2.05) is 60.7 Å². The lowest BCUT2D eigenvalue weighted by molar-refractivity contribution is -0.123. The Morgan fingerprint density at radius 1 is 1.12 bits per heavy atom. The molecule has 128 valence electrons. The zero-order valence-corrected chi connectivity index (χ0v) is 14.0. The second kappa shape index (κ2) is 7.11. The molecule has 1 fully saturated rings. The molecule has 4 rings (SSSR count). The molecule has 3 aromatic rings. The summed E-state index contributed by atoms with van der Waals surface area (Å²) in [4.78, 5) is 12.5. The molecule has 1 aromatic heterocycles. The van der Waals surface area contributed by atoms with Gasteiger partial charge in [0, 0.05) is 12.0 Å². The molecule has 0 unspecified atom stereocenters. The van der Waals surface area contributed by atoms with Crippen LogP contribution in [0, 0.1) is 0 Å². The Labute approximate surface area is 146 Å². The first-order chi connectivity index (χ1) is 12.3. The Hall–Kier alpha value is -2.59. The molecule has 2 aromatic carbocycles. The quantitative estimate of drug-likeness (QED) is 0.760. The van der Waals surface area contributed by atoms with Gasteiger partial charge in [0.15, 0.2) is 0 Å². The average molecular weight is 335 g/mol. The normalized spacial score (nSPS) is 18.3. The molecule has 0 spiro atoms. The highest BCUT2D eigenvalue weighted by atomic mass is 16.5. The van der Waals surface area contributed by atoms with Crippen LogP contribution < -0.4 is 5.32 Å². The summed E-state index contributed by atoms with van der Waals surface area (Å²) in [7, 11) is 0. The topological polar surface area (TPSA) is 51.5 Å². The first-order valence-electron chi connectivity index (χ1n) is 8.74. The van der Waals surface area contributed by atoms with Crippen LogP contribution in [-0.2, 0) is 9.53 Å². The second-order valence-corrected chi connectivity index (χ2v) is 6.44. The third kappa shape index (κ3) is 3.59. The van der Waals surface area contributed by atoms with Crippen LogP contribution in [0.15, 0.2) is 65.1 Å². The first-order valence-corrected chi connectivity index (χ1v) is 8.74. The number of carbonyl (C=O) groups is 1. The maximum Gasteiger partial charge on any atom is 0.223 e. The van der Waals surface area contributed by atoms with Gasteiger partial charge < -0.3 is 14.5 Å². The van der Waals surface area contributed by atoms with Crippen LogP contribution in [0.1, 0.15) is 36.6 Å². The Balaban J connectivity index is 1.61. The second-order valence-electron chi connectivity index (χ2n) is 6.44. The molecule has 1 saturated heterocycles. The minimum Gasteiger partial charge on any atom is -0.459 e. The lowest BCUT2D eigenvalue weighted by atomic mass is 10.0. The number of carbonyl (C=O) groups excluding carboxylic acids is 1. The average Bonchev–Trinajstić information content (AvgIpc) is 3.29. The van der Waals surface area contributed by atoms with Crippen LogP contribution in [0.5, 0.6) is 0 Å². The van der Waals surface area contributed by atoms with Crippen molar-refractivity contribution in [2.45, 2.75) is 31.4 Å². The van der Waals surface area contributed by atoms with E-state index in [4.69, 9.17) is 9.15 Å². The van der Waals surface area contributed by atoms with E-state index in [2.05, 4.69) is 5.32 Å². The van der Waals surface area contributed by atoms with Crippen molar-refractivity contribution in [3.63, 3.8) is 0 Å². The number of nitrogens with one attached hydrogen (secondary N) is 1. The Morgan fingerprint density at radius 3 is 2.68 bits per heavy atom. The highest BCUT2D eigenvalue weighted by Crippen LogP contribution is 2.28. The molecule has 0 radical (unpaired) electrons. The van der Waals surface area contributed by atoms with Crippen molar-refractivity contribution in [2.24, 2.45) is 0 Å². The smallest absolute Gasteiger partial charge is 0.223 e. The number of hydrogen-bond donors (Lipinski definition) is 1. The van der Waals surface area contributed by atoms with Gasteiger partial charge in [0.2, 0.25) is 5.91 Å². The molecule has 25 heavy (non-hydrogen) atoms. The number of ether oxygens (including phenoxy) is 1. The van der Waals surface area contributed by atoms with Crippen LogP contribution in [0.3, 0.4) is 0 Å². The number of amides is 1. The van der Waals surface area contributed by atoms with Crippen molar-refractivity contribution in [2.75, 3.05) is 6.61 Å². The third-order valence-electron chi connectivity index (χ3n) is 4.60. The summed E-state index contributed by atoms with van der Waals surface area (Å²) in [6, 6.07) is 19.5. The number of para-hydroxylation sites is 1. The summed E-state index contributed by atoms with van der Waals surface area (Å²) in [6.07, 6.45) is 2.41. The summed E-state index contributed by atoms with van der Waals surface area (Å²) in [5.41, 5.74) is 1.83. The predicted octanol–water partition coefficient (Wildman–Crippen LogP) is 4.21.